The number of rotatable bonds is 1. The van der Waals surface area contributed by atoms with Gasteiger partial charge in [-0.3, -0.25) is 0 Å². The van der Waals surface area contributed by atoms with Gasteiger partial charge in [-0.25, -0.2) is 0 Å². The van der Waals surface area contributed by atoms with Crippen LogP contribution in [0.15, 0.2) is 12.1 Å². The Morgan fingerprint density at radius 1 is 0.581 bits per heavy atom. The van der Waals surface area contributed by atoms with Crippen LogP contribution in [0.1, 0.15) is 79.0 Å². The van der Waals surface area contributed by atoms with Crippen LogP contribution in [0.25, 0.3) is 0 Å². The molecule has 172 valence electrons. The van der Waals surface area contributed by atoms with E-state index in [9.17, 15) is 0 Å². The zero-order valence-electron chi connectivity index (χ0n) is 23.1. The molecule has 3 heteroatoms. The van der Waals surface area contributed by atoms with Gasteiger partial charge in [0.25, 0.3) is 0 Å². The molecule has 0 nitrogen and oxygen atoms in total. The highest BCUT2D eigenvalue weighted by Crippen LogP contribution is 2.43. The third-order valence-electron chi connectivity index (χ3n) is 4.90. The first kappa shape index (κ1) is 28.2. The second-order valence-electron chi connectivity index (χ2n) is 14.0. The minimum Gasteiger partial charge on any atom is -0.126 e. The molecule has 1 aromatic rings. The molecular weight excluding hydrogens is 423 g/mol. The average Bonchev–Trinajstić information content (AvgIpc) is 2.49. The summed E-state index contributed by atoms with van der Waals surface area (Å²) in [6.07, 6.45) is 0. The first-order valence-electron chi connectivity index (χ1n) is 11.6. The van der Waals surface area contributed by atoms with Crippen LogP contribution in [0.4, 0.5) is 0 Å². The third-order valence-corrected chi connectivity index (χ3v) is 8.67. The van der Waals surface area contributed by atoms with Crippen LogP contribution in [0.3, 0.4) is 0 Å². The fourth-order valence-corrected chi connectivity index (χ4v) is 8.18. The molecule has 0 atom stereocenters. The molecule has 0 N–H and O–H groups in total. The largest absolute Gasteiger partial charge is 0.129 e. The highest BCUT2D eigenvalue weighted by atomic mass is 31.1. The van der Waals surface area contributed by atoms with Crippen molar-refractivity contribution >= 4 is 29.4 Å². The van der Waals surface area contributed by atoms with Gasteiger partial charge in [-0.05, 0) is 32.9 Å². The molecule has 1 rings (SSSR count). The van der Waals surface area contributed by atoms with Crippen molar-refractivity contribution < 1.29 is 0 Å². The van der Waals surface area contributed by atoms with Crippen LogP contribution in [-0.2, 0) is 16.2 Å². The van der Waals surface area contributed by atoms with Crippen LogP contribution in [0, 0.1) is 22.4 Å². The van der Waals surface area contributed by atoms with E-state index in [1.165, 1.54) is 22.0 Å². The molecule has 0 aromatic heterocycles. The number of hydrogen-bond donors (Lipinski definition) is 0. The Bertz CT molecular complexity index is 846. The summed E-state index contributed by atoms with van der Waals surface area (Å²) in [7, 11) is -3.85. The average molecular weight is 471 g/mol. The molecule has 0 spiro atoms. The van der Waals surface area contributed by atoms with E-state index in [4.69, 9.17) is 0 Å². The van der Waals surface area contributed by atoms with E-state index in [1.807, 2.05) is 0 Å². The van der Waals surface area contributed by atoms with E-state index < -0.39 is 24.1 Å². The van der Waals surface area contributed by atoms with Crippen molar-refractivity contribution in [2.24, 2.45) is 0 Å². The lowest BCUT2D eigenvalue weighted by atomic mass is 9.75. The van der Waals surface area contributed by atoms with Crippen molar-refractivity contribution in [1.82, 2.24) is 0 Å². The number of hydrogen-bond acceptors (Lipinski definition) is 0. The fourth-order valence-electron chi connectivity index (χ4n) is 3.04. The summed E-state index contributed by atoms with van der Waals surface area (Å²) in [5, 5.41) is 1.43. The van der Waals surface area contributed by atoms with E-state index in [1.54, 1.807) is 0 Å². The molecule has 1 aromatic carbocycles. The van der Waals surface area contributed by atoms with Gasteiger partial charge in [0, 0.05) is 5.30 Å². The van der Waals surface area contributed by atoms with Gasteiger partial charge in [0.1, 0.15) is 16.1 Å². The van der Waals surface area contributed by atoms with Crippen LogP contribution < -0.4 is 5.30 Å². The van der Waals surface area contributed by atoms with Crippen molar-refractivity contribution in [3.63, 3.8) is 0 Å². The molecule has 0 aliphatic carbocycles. The minimum absolute atomic E-state index is 0.0405. The molecule has 0 saturated heterocycles. The summed E-state index contributed by atoms with van der Waals surface area (Å²) in [4.78, 5) is 0. The maximum atomic E-state index is 3.76. The van der Waals surface area contributed by atoms with Crippen LogP contribution in [0.2, 0.25) is 39.3 Å². The Morgan fingerprint density at radius 2 is 0.903 bits per heavy atom. The fraction of sp³-hybridized carbons (Fsp3) is 0.643. The van der Waals surface area contributed by atoms with Crippen LogP contribution >= 0.6 is 7.92 Å². The van der Waals surface area contributed by atoms with Crippen molar-refractivity contribution in [3.8, 4) is 22.4 Å². The van der Waals surface area contributed by atoms with Crippen molar-refractivity contribution in [2.45, 2.75) is 118 Å². The molecule has 31 heavy (non-hydrogen) atoms. The smallest absolute Gasteiger partial charge is 0.126 e. The van der Waals surface area contributed by atoms with Gasteiger partial charge in [-0.1, -0.05) is 125 Å². The van der Waals surface area contributed by atoms with E-state index in [-0.39, 0.29) is 16.2 Å². The van der Waals surface area contributed by atoms with Gasteiger partial charge >= 0.3 is 0 Å². The highest BCUT2D eigenvalue weighted by Gasteiger charge is 2.32. The van der Waals surface area contributed by atoms with Gasteiger partial charge in [0.15, 0.2) is 0 Å². The molecule has 0 heterocycles. The van der Waals surface area contributed by atoms with Crippen molar-refractivity contribution in [1.29, 1.82) is 0 Å². The van der Waals surface area contributed by atoms with Gasteiger partial charge in [-0.15, -0.1) is 11.1 Å². The summed E-state index contributed by atoms with van der Waals surface area (Å²) in [5.41, 5.74) is 19.4. The molecule has 0 unspecified atom stereocenters. The predicted molar refractivity (Wildman–Crippen MR) is 151 cm³/mol. The Labute approximate surface area is 198 Å². The summed E-state index contributed by atoms with van der Waals surface area (Å²) >= 11 is 0. The van der Waals surface area contributed by atoms with Gasteiger partial charge < -0.3 is 0 Å². The molecular formula is C28H47PSi2. The first-order valence-corrected chi connectivity index (χ1v) is 19.9. The second-order valence-corrected chi connectivity index (χ2v) is 25.0. The topological polar surface area (TPSA) is 0 Å². The van der Waals surface area contributed by atoms with E-state index >= 15 is 0 Å². The Morgan fingerprint density at radius 3 is 1.13 bits per heavy atom. The molecule has 0 amide bonds. The zero-order chi connectivity index (χ0) is 24.6. The standard InChI is InChI=1S/C28H47PSi2/c1-26(2,3)22-20-23(27(4,5)6)25(24(21-22)28(7,8)9)29(16-18-30(10,11)12)17-19-31(13,14)15/h20-21H,1-15H3. The maximum absolute atomic E-state index is 3.76. The van der Waals surface area contributed by atoms with Gasteiger partial charge in [0.2, 0.25) is 0 Å². The van der Waals surface area contributed by atoms with Gasteiger partial charge in [-0.2, -0.15) is 0 Å². The normalized spacial score (nSPS) is 13.4. The molecule has 0 fully saturated rings. The van der Waals surface area contributed by atoms with E-state index in [0.29, 0.717) is 0 Å². The Balaban J connectivity index is 4.16. The minimum atomic E-state index is -1.50. The van der Waals surface area contributed by atoms with Crippen molar-refractivity contribution in [3.05, 3.63) is 28.8 Å². The van der Waals surface area contributed by atoms with Crippen molar-refractivity contribution in [2.75, 3.05) is 0 Å². The molecule has 0 bridgehead atoms. The number of benzene rings is 1. The van der Waals surface area contributed by atoms with Gasteiger partial charge in [0.05, 0.1) is 7.92 Å². The Kier molecular flexibility index (Phi) is 8.40. The van der Waals surface area contributed by atoms with Crippen LogP contribution in [-0.4, -0.2) is 16.1 Å². The lowest BCUT2D eigenvalue weighted by molar-refractivity contribution is 0.553. The zero-order valence-corrected chi connectivity index (χ0v) is 26.0. The van der Waals surface area contributed by atoms with Crippen LogP contribution in [0.5, 0.6) is 0 Å². The highest BCUT2D eigenvalue weighted by molar-refractivity contribution is 7.75. The first-order chi connectivity index (χ1) is 13.5. The molecule has 0 saturated carbocycles. The summed E-state index contributed by atoms with van der Waals surface area (Å²) in [6.45, 7) is 35.0. The van der Waals surface area contributed by atoms with E-state index in [0.717, 1.165) is 0 Å². The third kappa shape index (κ3) is 8.93. The predicted octanol–water partition coefficient (Wildman–Crippen LogP) is 8.36. The quantitative estimate of drug-likeness (QED) is 0.220. The lowest BCUT2D eigenvalue weighted by Gasteiger charge is -2.34. The Hall–Kier alpha value is -0.796. The molecule has 0 radical (unpaired) electrons. The molecule has 0 aliphatic rings. The SMILES string of the molecule is CC(C)(C)c1cc(C(C)(C)C)c(P(C#C[Si](C)(C)C)C#C[Si](C)(C)C)c(C(C)(C)C)c1. The summed E-state index contributed by atoms with van der Waals surface area (Å²) < 4.78 is 0. The molecule has 0 aliphatic heterocycles. The lowest BCUT2D eigenvalue weighted by Crippen LogP contribution is -2.31. The van der Waals surface area contributed by atoms with E-state index in [2.05, 4.69) is 136 Å². The maximum Gasteiger partial charge on any atom is 0.129 e. The monoisotopic (exact) mass is 470 g/mol. The summed E-state index contributed by atoms with van der Waals surface area (Å²) in [5.74, 6) is 0. The summed E-state index contributed by atoms with van der Waals surface area (Å²) in [6, 6.07) is 4.93. The second kappa shape index (κ2) is 9.22.